The third-order valence-electron chi connectivity index (χ3n) is 6.96. The molecule has 5 rings (SSSR count). The second-order valence-corrected chi connectivity index (χ2v) is 10.0. The van der Waals surface area contributed by atoms with Gasteiger partial charge in [-0.1, -0.05) is 26.0 Å². The van der Waals surface area contributed by atoms with Gasteiger partial charge in [0.15, 0.2) is 5.78 Å². The SMILES string of the molecule is CC(=O)c1ccc(N2CCN(C(=O)CCc3nnc4n(CC(C)C)c(=O)c5ccccc5n34)CC2)cc1. The van der Waals surface area contributed by atoms with Crippen LogP contribution < -0.4 is 10.5 Å². The number of anilines is 1. The van der Waals surface area contributed by atoms with E-state index in [1.54, 1.807) is 11.5 Å². The van der Waals surface area contributed by atoms with Crippen molar-refractivity contribution in [3.63, 3.8) is 0 Å². The van der Waals surface area contributed by atoms with Crippen molar-refractivity contribution in [3.05, 3.63) is 70.3 Å². The summed E-state index contributed by atoms with van der Waals surface area (Å²) in [4.78, 5) is 41.9. The highest BCUT2D eigenvalue weighted by Crippen LogP contribution is 2.19. The molecule has 1 fully saturated rings. The molecular weight excluding hydrogens is 468 g/mol. The topological polar surface area (TPSA) is 92.8 Å². The lowest BCUT2D eigenvalue weighted by Gasteiger charge is -2.36. The molecule has 0 N–H and O–H groups in total. The maximum Gasteiger partial charge on any atom is 0.262 e. The fourth-order valence-corrected chi connectivity index (χ4v) is 5.00. The van der Waals surface area contributed by atoms with E-state index >= 15 is 0 Å². The van der Waals surface area contributed by atoms with Crippen LogP contribution in [0.1, 0.15) is 43.4 Å². The van der Waals surface area contributed by atoms with Crippen molar-refractivity contribution < 1.29 is 9.59 Å². The third kappa shape index (κ3) is 4.85. The third-order valence-corrected chi connectivity index (χ3v) is 6.96. The first-order valence-electron chi connectivity index (χ1n) is 12.8. The van der Waals surface area contributed by atoms with Crippen LogP contribution in [0.4, 0.5) is 5.69 Å². The molecule has 0 radical (unpaired) electrons. The number of aryl methyl sites for hydroxylation is 1. The molecule has 1 saturated heterocycles. The van der Waals surface area contributed by atoms with Crippen LogP contribution in [0.15, 0.2) is 53.3 Å². The van der Waals surface area contributed by atoms with Gasteiger partial charge < -0.3 is 9.80 Å². The first-order valence-corrected chi connectivity index (χ1v) is 12.8. The number of amides is 1. The van der Waals surface area contributed by atoms with Crippen LogP contribution in [0, 0.1) is 5.92 Å². The zero-order chi connectivity index (χ0) is 26.1. The van der Waals surface area contributed by atoms with Crippen LogP contribution in [0.2, 0.25) is 0 Å². The standard InChI is InChI=1S/C28H32N6O3/c1-19(2)18-33-27(37)23-6-4-5-7-24(23)34-25(29-30-28(33)34)12-13-26(36)32-16-14-31(15-17-32)22-10-8-21(9-11-22)20(3)35/h4-11,19H,12-18H2,1-3H3. The highest BCUT2D eigenvalue weighted by molar-refractivity contribution is 5.94. The number of ketones is 1. The molecule has 2 aromatic heterocycles. The van der Waals surface area contributed by atoms with Gasteiger partial charge in [0.05, 0.1) is 10.9 Å². The molecular formula is C28H32N6O3. The highest BCUT2D eigenvalue weighted by atomic mass is 16.2. The molecule has 0 atom stereocenters. The lowest BCUT2D eigenvalue weighted by atomic mass is 10.1. The smallest absolute Gasteiger partial charge is 0.262 e. The van der Waals surface area contributed by atoms with Crippen LogP contribution in [-0.4, -0.2) is 61.9 Å². The molecule has 2 aromatic carbocycles. The van der Waals surface area contributed by atoms with Crippen LogP contribution in [0.25, 0.3) is 16.7 Å². The Labute approximate surface area is 215 Å². The minimum atomic E-state index is -0.0689. The summed E-state index contributed by atoms with van der Waals surface area (Å²) >= 11 is 0. The second-order valence-electron chi connectivity index (χ2n) is 10.0. The maximum absolute atomic E-state index is 13.1. The van der Waals surface area contributed by atoms with E-state index in [0.717, 1.165) is 24.3 Å². The number of carbonyl (C=O) groups is 2. The number of benzene rings is 2. The van der Waals surface area contributed by atoms with E-state index in [1.165, 1.54) is 0 Å². The number of carbonyl (C=O) groups excluding carboxylic acids is 2. The van der Waals surface area contributed by atoms with E-state index in [2.05, 4.69) is 28.9 Å². The van der Waals surface area contributed by atoms with Crippen LogP contribution in [0.3, 0.4) is 0 Å². The molecule has 0 spiro atoms. The van der Waals surface area contributed by atoms with Crippen molar-refractivity contribution in [2.24, 2.45) is 5.92 Å². The minimum Gasteiger partial charge on any atom is -0.368 e. The number of para-hydroxylation sites is 1. The van der Waals surface area contributed by atoms with Gasteiger partial charge >= 0.3 is 0 Å². The number of fused-ring (bicyclic) bond motifs is 3. The molecule has 1 aliphatic rings. The van der Waals surface area contributed by atoms with E-state index < -0.39 is 0 Å². The summed E-state index contributed by atoms with van der Waals surface area (Å²) in [5.41, 5.74) is 2.46. The molecule has 9 nitrogen and oxygen atoms in total. The monoisotopic (exact) mass is 500 g/mol. The van der Waals surface area contributed by atoms with E-state index in [1.807, 2.05) is 57.8 Å². The van der Waals surface area contributed by atoms with Gasteiger partial charge in [-0.3, -0.25) is 23.4 Å². The Morgan fingerprint density at radius 3 is 2.32 bits per heavy atom. The zero-order valence-corrected chi connectivity index (χ0v) is 21.6. The molecule has 0 bridgehead atoms. The average Bonchev–Trinajstić information content (AvgIpc) is 3.33. The predicted molar refractivity (Wildman–Crippen MR) is 143 cm³/mol. The quantitative estimate of drug-likeness (QED) is 0.362. The minimum absolute atomic E-state index is 0.0543. The van der Waals surface area contributed by atoms with Crippen molar-refractivity contribution in [1.82, 2.24) is 24.1 Å². The highest BCUT2D eigenvalue weighted by Gasteiger charge is 2.23. The van der Waals surface area contributed by atoms with Crippen LogP contribution >= 0.6 is 0 Å². The summed E-state index contributed by atoms with van der Waals surface area (Å²) in [6.07, 6.45) is 0.766. The molecule has 4 aromatic rings. The van der Waals surface area contributed by atoms with Gasteiger partial charge in [0.2, 0.25) is 11.7 Å². The molecule has 0 aliphatic carbocycles. The second kappa shape index (κ2) is 10.2. The van der Waals surface area contributed by atoms with Gasteiger partial charge in [0.1, 0.15) is 5.82 Å². The van der Waals surface area contributed by atoms with Gasteiger partial charge in [-0.2, -0.15) is 0 Å². The lowest BCUT2D eigenvalue weighted by Crippen LogP contribution is -2.48. The van der Waals surface area contributed by atoms with E-state index in [4.69, 9.17) is 0 Å². The first-order chi connectivity index (χ1) is 17.8. The zero-order valence-electron chi connectivity index (χ0n) is 21.6. The number of piperazine rings is 1. The molecule has 0 unspecified atom stereocenters. The maximum atomic E-state index is 13.1. The molecule has 192 valence electrons. The normalized spacial score (nSPS) is 14.2. The summed E-state index contributed by atoms with van der Waals surface area (Å²) in [6, 6.07) is 15.1. The summed E-state index contributed by atoms with van der Waals surface area (Å²) in [5.74, 6) is 1.61. The number of aromatic nitrogens is 4. The fourth-order valence-electron chi connectivity index (χ4n) is 5.00. The number of nitrogens with zero attached hydrogens (tertiary/aromatic N) is 6. The van der Waals surface area contributed by atoms with E-state index in [9.17, 15) is 14.4 Å². The number of rotatable bonds is 7. The Hall–Kier alpha value is -4.01. The number of hydrogen-bond donors (Lipinski definition) is 0. The van der Waals surface area contributed by atoms with Crippen molar-refractivity contribution >= 4 is 34.1 Å². The molecule has 37 heavy (non-hydrogen) atoms. The van der Waals surface area contributed by atoms with Crippen molar-refractivity contribution in [1.29, 1.82) is 0 Å². The van der Waals surface area contributed by atoms with Gasteiger partial charge in [-0.25, -0.2) is 0 Å². The summed E-state index contributed by atoms with van der Waals surface area (Å²) in [6.45, 7) is 9.01. The Bertz CT molecular complexity index is 1510. The van der Waals surface area contributed by atoms with Crippen molar-refractivity contribution in [2.45, 2.75) is 40.2 Å². The summed E-state index contributed by atoms with van der Waals surface area (Å²) in [7, 11) is 0. The van der Waals surface area contributed by atoms with E-state index in [-0.39, 0.29) is 23.2 Å². The van der Waals surface area contributed by atoms with Gasteiger partial charge in [-0.15, -0.1) is 10.2 Å². The Morgan fingerprint density at radius 1 is 0.946 bits per heavy atom. The lowest BCUT2D eigenvalue weighted by molar-refractivity contribution is -0.131. The molecule has 1 aliphatic heterocycles. The molecule has 3 heterocycles. The average molecular weight is 501 g/mol. The van der Waals surface area contributed by atoms with Gasteiger partial charge in [0.25, 0.3) is 5.56 Å². The summed E-state index contributed by atoms with van der Waals surface area (Å²) in [5, 5.41) is 9.37. The fraction of sp³-hybridized carbons (Fsp3) is 0.393. The van der Waals surface area contributed by atoms with Crippen LogP contribution in [-0.2, 0) is 17.8 Å². The van der Waals surface area contributed by atoms with Crippen molar-refractivity contribution in [3.8, 4) is 0 Å². The Balaban J connectivity index is 1.29. The van der Waals surface area contributed by atoms with Crippen LogP contribution in [0.5, 0.6) is 0 Å². The predicted octanol–water partition coefficient (Wildman–Crippen LogP) is 3.18. The number of Topliss-reactive ketones (excluding diaryl/α,β-unsaturated/α-hetero) is 1. The molecule has 1 amide bonds. The molecule has 9 heteroatoms. The largest absolute Gasteiger partial charge is 0.368 e. The van der Waals surface area contributed by atoms with Crippen molar-refractivity contribution in [2.75, 3.05) is 31.1 Å². The van der Waals surface area contributed by atoms with Gasteiger partial charge in [0, 0.05) is 56.8 Å². The number of hydrogen-bond acceptors (Lipinski definition) is 6. The Kier molecular flexibility index (Phi) is 6.78. The molecule has 0 saturated carbocycles. The summed E-state index contributed by atoms with van der Waals surface area (Å²) < 4.78 is 3.61. The first kappa shape index (κ1) is 24.7. The van der Waals surface area contributed by atoms with E-state index in [0.29, 0.717) is 55.0 Å². The van der Waals surface area contributed by atoms with Gasteiger partial charge in [-0.05, 0) is 49.2 Å². The Morgan fingerprint density at radius 2 is 1.65 bits per heavy atom.